The third-order valence-electron chi connectivity index (χ3n) is 3.78. The van der Waals surface area contributed by atoms with Gasteiger partial charge in [0.2, 0.25) is 0 Å². The highest BCUT2D eigenvalue weighted by molar-refractivity contribution is 6.31. The van der Waals surface area contributed by atoms with Crippen molar-refractivity contribution in [3.8, 4) is 0 Å². The van der Waals surface area contributed by atoms with E-state index in [-0.39, 0.29) is 11.9 Å². The standard InChI is InChI=1S/C15H21ClFN/c1-2-9-18-14(10-11-5-3-6-11)15-12(16)7-4-8-13(15)17/h4,7-8,11,14,18H,2-3,5-6,9-10H2,1H3. The van der Waals surface area contributed by atoms with Gasteiger partial charge in [0.1, 0.15) is 5.82 Å². The van der Waals surface area contributed by atoms with Crippen molar-refractivity contribution in [2.75, 3.05) is 6.54 Å². The first kappa shape index (κ1) is 13.8. The lowest BCUT2D eigenvalue weighted by Gasteiger charge is -2.31. The van der Waals surface area contributed by atoms with Crippen LogP contribution in [0.4, 0.5) is 4.39 Å². The normalized spacial score (nSPS) is 17.5. The van der Waals surface area contributed by atoms with Crippen LogP contribution in [0.1, 0.15) is 50.6 Å². The molecule has 100 valence electrons. The Morgan fingerprint density at radius 1 is 1.44 bits per heavy atom. The quantitative estimate of drug-likeness (QED) is 0.789. The van der Waals surface area contributed by atoms with E-state index in [1.165, 1.54) is 25.3 Å². The lowest BCUT2D eigenvalue weighted by atomic mass is 9.79. The summed E-state index contributed by atoms with van der Waals surface area (Å²) in [5, 5.41) is 3.99. The molecule has 0 radical (unpaired) electrons. The maximum Gasteiger partial charge on any atom is 0.129 e. The molecule has 0 aromatic heterocycles. The van der Waals surface area contributed by atoms with Crippen LogP contribution in [0.15, 0.2) is 18.2 Å². The average molecular weight is 270 g/mol. The molecule has 1 unspecified atom stereocenters. The molecule has 1 atom stereocenters. The first-order valence-electron chi connectivity index (χ1n) is 6.89. The van der Waals surface area contributed by atoms with Crippen molar-refractivity contribution in [2.45, 2.75) is 45.1 Å². The Hall–Kier alpha value is -0.600. The van der Waals surface area contributed by atoms with E-state index in [2.05, 4.69) is 12.2 Å². The van der Waals surface area contributed by atoms with Gasteiger partial charge in [-0.3, -0.25) is 0 Å². The van der Waals surface area contributed by atoms with Gasteiger partial charge < -0.3 is 5.32 Å². The zero-order chi connectivity index (χ0) is 13.0. The predicted octanol–water partition coefficient (Wildman–Crippen LogP) is 4.71. The van der Waals surface area contributed by atoms with Crippen LogP contribution in [0, 0.1) is 11.7 Å². The maximum absolute atomic E-state index is 14.0. The number of halogens is 2. The summed E-state index contributed by atoms with van der Waals surface area (Å²) in [6.07, 6.45) is 5.91. The van der Waals surface area contributed by atoms with E-state index in [0.29, 0.717) is 10.6 Å². The Kier molecular flexibility index (Phi) is 5.02. The van der Waals surface area contributed by atoms with E-state index in [1.807, 2.05) is 0 Å². The van der Waals surface area contributed by atoms with Crippen molar-refractivity contribution < 1.29 is 4.39 Å². The molecule has 1 aromatic rings. The third kappa shape index (κ3) is 3.24. The summed E-state index contributed by atoms with van der Waals surface area (Å²) >= 11 is 6.17. The van der Waals surface area contributed by atoms with Gasteiger partial charge in [-0.05, 0) is 37.4 Å². The number of nitrogens with one attached hydrogen (secondary N) is 1. The molecule has 0 aliphatic heterocycles. The van der Waals surface area contributed by atoms with Gasteiger partial charge in [-0.15, -0.1) is 0 Å². The molecule has 0 spiro atoms. The molecule has 18 heavy (non-hydrogen) atoms. The minimum Gasteiger partial charge on any atom is -0.310 e. The van der Waals surface area contributed by atoms with E-state index < -0.39 is 0 Å². The molecule has 0 bridgehead atoms. The summed E-state index contributed by atoms with van der Waals surface area (Å²) in [6, 6.07) is 5.01. The van der Waals surface area contributed by atoms with Gasteiger partial charge in [0.25, 0.3) is 0 Å². The fourth-order valence-electron chi connectivity index (χ4n) is 2.53. The molecule has 0 heterocycles. The molecule has 2 rings (SSSR count). The molecule has 1 saturated carbocycles. The summed E-state index contributed by atoms with van der Waals surface area (Å²) in [4.78, 5) is 0. The number of benzene rings is 1. The van der Waals surface area contributed by atoms with Crippen molar-refractivity contribution in [3.05, 3.63) is 34.6 Å². The van der Waals surface area contributed by atoms with Gasteiger partial charge in [-0.2, -0.15) is 0 Å². The number of hydrogen-bond acceptors (Lipinski definition) is 1. The Morgan fingerprint density at radius 3 is 2.78 bits per heavy atom. The second-order valence-corrected chi connectivity index (χ2v) is 5.58. The topological polar surface area (TPSA) is 12.0 Å². The zero-order valence-corrected chi connectivity index (χ0v) is 11.6. The highest BCUT2D eigenvalue weighted by atomic mass is 35.5. The molecule has 1 fully saturated rings. The highest BCUT2D eigenvalue weighted by Gasteiger charge is 2.25. The SMILES string of the molecule is CCCNC(CC1CCC1)c1c(F)cccc1Cl. The van der Waals surface area contributed by atoms with Gasteiger partial charge in [0, 0.05) is 16.6 Å². The largest absolute Gasteiger partial charge is 0.310 e. The van der Waals surface area contributed by atoms with Crippen molar-refractivity contribution in [1.29, 1.82) is 0 Å². The molecule has 1 aromatic carbocycles. The molecule has 1 aliphatic carbocycles. The van der Waals surface area contributed by atoms with Crippen LogP contribution in [0.25, 0.3) is 0 Å². The molecule has 3 heteroatoms. The molecule has 1 aliphatic rings. The lowest BCUT2D eigenvalue weighted by molar-refractivity contribution is 0.259. The second kappa shape index (κ2) is 6.53. The fraction of sp³-hybridized carbons (Fsp3) is 0.600. The second-order valence-electron chi connectivity index (χ2n) is 5.17. The van der Waals surface area contributed by atoms with E-state index in [4.69, 9.17) is 11.6 Å². The van der Waals surface area contributed by atoms with Gasteiger partial charge >= 0.3 is 0 Å². The Labute approximate surface area is 114 Å². The van der Waals surface area contributed by atoms with E-state index in [1.54, 1.807) is 12.1 Å². The maximum atomic E-state index is 14.0. The molecule has 1 nitrogen and oxygen atoms in total. The minimum absolute atomic E-state index is 0.0592. The summed E-state index contributed by atoms with van der Waals surface area (Å²) < 4.78 is 14.0. The molecule has 0 saturated heterocycles. The fourth-order valence-corrected chi connectivity index (χ4v) is 2.82. The molecular formula is C15H21ClFN. The average Bonchev–Trinajstić information content (AvgIpc) is 2.29. The van der Waals surface area contributed by atoms with Crippen LogP contribution in [-0.2, 0) is 0 Å². The first-order chi connectivity index (χ1) is 8.72. The van der Waals surface area contributed by atoms with Crippen LogP contribution < -0.4 is 5.32 Å². The summed E-state index contributed by atoms with van der Waals surface area (Å²) in [5.41, 5.74) is 0.652. The number of hydrogen-bond donors (Lipinski definition) is 1. The highest BCUT2D eigenvalue weighted by Crippen LogP contribution is 2.37. The summed E-state index contributed by atoms with van der Waals surface area (Å²) in [5.74, 6) is 0.547. The van der Waals surface area contributed by atoms with Gasteiger partial charge in [-0.1, -0.05) is 43.9 Å². The van der Waals surface area contributed by atoms with E-state index in [9.17, 15) is 4.39 Å². The van der Waals surface area contributed by atoms with Crippen molar-refractivity contribution >= 4 is 11.6 Å². The van der Waals surface area contributed by atoms with Crippen LogP contribution in [0.2, 0.25) is 5.02 Å². The third-order valence-corrected chi connectivity index (χ3v) is 4.11. The Balaban J connectivity index is 2.14. The lowest BCUT2D eigenvalue weighted by Crippen LogP contribution is -2.27. The smallest absolute Gasteiger partial charge is 0.129 e. The van der Waals surface area contributed by atoms with Crippen LogP contribution >= 0.6 is 11.6 Å². The van der Waals surface area contributed by atoms with Crippen LogP contribution in [0.5, 0.6) is 0 Å². The zero-order valence-electron chi connectivity index (χ0n) is 10.9. The van der Waals surface area contributed by atoms with Gasteiger partial charge in [0.15, 0.2) is 0 Å². The molecular weight excluding hydrogens is 249 g/mol. The van der Waals surface area contributed by atoms with E-state index in [0.717, 1.165) is 25.3 Å². The van der Waals surface area contributed by atoms with Crippen molar-refractivity contribution in [1.82, 2.24) is 5.32 Å². The summed E-state index contributed by atoms with van der Waals surface area (Å²) in [7, 11) is 0. The monoisotopic (exact) mass is 269 g/mol. The first-order valence-corrected chi connectivity index (χ1v) is 7.27. The molecule has 1 N–H and O–H groups in total. The van der Waals surface area contributed by atoms with Gasteiger partial charge in [0.05, 0.1) is 0 Å². The summed E-state index contributed by atoms with van der Waals surface area (Å²) in [6.45, 7) is 3.03. The predicted molar refractivity (Wildman–Crippen MR) is 74.4 cm³/mol. The Morgan fingerprint density at radius 2 is 2.22 bits per heavy atom. The Bertz CT molecular complexity index is 370. The van der Waals surface area contributed by atoms with Crippen LogP contribution in [0.3, 0.4) is 0 Å². The van der Waals surface area contributed by atoms with Gasteiger partial charge in [-0.25, -0.2) is 4.39 Å². The van der Waals surface area contributed by atoms with Crippen molar-refractivity contribution in [3.63, 3.8) is 0 Å². The minimum atomic E-state index is -0.185. The van der Waals surface area contributed by atoms with E-state index >= 15 is 0 Å². The number of rotatable bonds is 6. The molecule has 0 amide bonds. The van der Waals surface area contributed by atoms with Crippen LogP contribution in [-0.4, -0.2) is 6.54 Å². The van der Waals surface area contributed by atoms with Crippen molar-refractivity contribution in [2.24, 2.45) is 5.92 Å².